The summed E-state index contributed by atoms with van der Waals surface area (Å²) in [6, 6.07) is 20.9. The van der Waals surface area contributed by atoms with Crippen LogP contribution >= 0.6 is 0 Å². The second-order valence-electron chi connectivity index (χ2n) is 9.59. The van der Waals surface area contributed by atoms with Gasteiger partial charge in [0.1, 0.15) is 5.82 Å². The number of hydrogen-bond donors (Lipinski definition) is 1. The van der Waals surface area contributed by atoms with Gasteiger partial charge in [0.2, 0.25) is 0 Å². The van der Waals surface area contributed by atoms with Gasteiger partial charge in [-0.3, -0.25) is 9.80 Å². The average Bonchev–Trinajstić information content (AvgIpc) is 3.10. The van der Waals surface area contributed by atoms with Crippen LogP contribution in [0, 0.1) is 19.7 Å². The van der Waals surface area contributed by atoms with Gasteiger partial charge >= 0.3 is 6.03 Å². The molecule has 1 N–H and O–H groups in total. The van der Waals surface area contributed by atoms with E-state index in [9.17, 15) is 9.18 Å². The zero-order chi connectivity index (χ0) is 23.0. The maximum absolute atomic E-state index is 13.3. The molecule has 5 rings (SSSR count). The van der Waals surface area contributed by atoms with E-state index in [4.69, 9.17) is 0 Å². The Labute approximate surface area is 195 Å². The van der Waals surface area contributed by atoms with Crippen LogP contribution in [0.15, 0.2) is 66.7 Å². The van der Waals surface area contributed by atoms with Gasteiger partial charge in [-0.1, -0.05) is 47.5 Å². The second kappa shape index (κ2) is 8.64. The van der Waals surface area contributed by atoms with Crippen molar-refractivity contribution in [3.8, 4) is 0 Å². The summed E-state index contributed by atoms with van der Waals surface area (Å²) in [6.45, 7) is 7.91. The molecular formula is C28H30FN3O. The monoisotopic (exact) mass is 443 g/mol. The standard InChI is InChI=1S/C28H30FN3O/c1-20-4-3-5-22(16-20)18-31-14-12-28(13-15-31)19-32(26-11-6-21(2)17-25(26)28)27(33)30-24-9-7-23(29)8-10-24/h3-11,16-17H,12-15,18-19H2,1-2H3,(H,30,33). The number of benzene rings is 3. The van der Waals surface area contributed by atoms with Crippen LogP contribution < -0.4 is 10.2 Å². The smallest absolute Gasteiger partial charge is 0.308 e. The summed E-state index contributed by atoms with van der Waals surface area (Å²) in [5.41, 5.74) is 6.72. The lowest BCUT2D eigenvalue weighted by Gasteiger charge is -2.40. The van der Waals surface area contributed by atoms with Gasteiger partial charge in [0.15, 0.2) is 0 Å². The maximum atomic E-state index is 13.3. The number of fused-ring (bicyclic) bond motifs is 2. The molecule has 1 saturated heterocycles. The number of urea groups is 1. The van der Waals surface area contributed by atoms with Crippen LogP contribution in [0.25, 0.3) is 0 Å². The number of amides is 2. The molecular weight excluding hydrogens is 413 g/mol. The quantitative estimate of drug-likeness (QED) is 0.537. The molecule has 3 aromatic rings. The van der Waals surface area contributed by atoms with Crippen molar-refractivity contribution < 1.29 is 9.18 Å². The highest BCUT2D eigenvalue weighted by atomic mass is 19.1. The topological polar surface area (TPSA) is 35.6 Å². The minimum atomic E-state index is -0.314. The van der Waals surface area contributed by atoms with Crippen molar-refractivity contribution in [3.05, 3.63) is 94.8 Å². The number of anilines is 2. The summed E-state index contributed by atoms with van der Waals surface area (Å²) in [5.74, 6) is -0.314. The van der Waals surface area contributed by atoms with Crippen molar-refractivity contribution in [3.63, 3.8) is 0 Å². The van der Waals surface area contributed by atoms with Crippen molar-refractivity contribution in [2.24, 2.45) is 0 Å². The van der Waals surface area contributed by atoms with E-state index in [-0.39, 0.29) is 17.3 Å². The molecule has 0 bridgehead atoms. The van der Waals surface area contributed by atoms with Crippen molar-refractivity contribution in [2.75, 3.05) is 29.9 Å². The Bertz CT molecular complexity index is 1170. The Balaban J connectivity index is 1.34. The summed E-state index contributed by atoms with van der Waals surface area (Å²) >= 11 is 0. The number of piperidine rings is 1. The van der Waals surface area contributed by atoms with Crippen LogP contribution in [-0.2, 0) is 12.0 Å². The van der Waals surface area contributed by atoms with Crippen LogP contribution in [0.3, 0.4) is 0 Å². The van der Waals surface area contributed by atoms with E-state index < -0.39 is 0 Å². The Morgan fingerprint density at radius 1 is 0.970 bits per heavy atom. The molecule has 0 radical (unpaired) electrons. The largest absolute Gasteiger partial charge is 0.326 e. The molecule has 0 unspecified atom stereocenters. The van der Waals surface area contributed by atoms with Crippen molar-refractivity contribution in [1.29, 1.82) is 0 Å². The van der Waals surface area contributed by atoms with Crippen LogP contribution in [-0.4, -0.2) is 30.6 Å². The SMILES string of the molecule is Cc1cccc(CN2CCC3(CC2)CN(C(=O)Nc2ccc(F)cc2)c2ccc(C)cc23)c1. The number of rotatable bonds is 3. The second-order valence-corrected chi connectivity index (χ2v) is 9.59. The number of aryl methyl sites for hydroxylation is 2. The van der Waals surface area contributed by atoms with Crippen LogP contribution in [0.1, 0.15) is 35.1 Å². The first-order chi connectivity index (χ1) is 15.9. The zero-order valence-electron chi connectivity index (χ0n) is 19.3. The fourth-order valence-electron chi connectivity index (χ4n) is 5.32. The Hall–Kier alpha value is -3.18. The molecule has 2 heterocycles. The van der Waals surface area contributed by atoms with Gasteiger partial charge in [0.25, 0.3) is 0 Å². The molecule has 1 fully saturated rings. The number of halogens is 1. The first-order valence-electron chi connectivity index (χ1n) is 11.7. The van der Waals surface area contributed by atoms with Crippen LogP contribution in [0.5, 0.6) is 0 Å². The third kappa shape index (κ3) is 4.38. The van der Waals surface area contributed by atoms with Gasteiger partial charge < -0.3 is 5.32 Å². The lowest BCUT2D eigenvalue weighted by Crippen LogP contribution is -2.46. The summed E-state index contributed by atoms with van der Waals surface area (Å²) in [6.07, 6.45) is 2.05. The average molecular weight is 444 g/mol. The van der Waals surface area contributed by atoms with Crippen LogP contribution in [0.4, 0.5) is 20.6 Å². The first-order valence-corrected chi connectivity index (χ1v) is 11.7. The van der Waals surface area contributed by atoms with Crippen molar-refractivity contribution in [2.45, 2.75) is 38.6 Å². The van der Waals surface area contributed by atoms with Crippen molar-refractivity contribution >= 4 is 17.4 Å². The maximum Gasteiger partial charge on any atom is 0.326 e. The number of likely N-dealkylation sites (tertiary alicyclic amines) is 1. The molecule has 0 aromatic heterocycles. The van der Waals surface area contributed by atoms with E-state index in [1.807, 2.05) is 4.90 Å². The number of hydrogen-bond acceptors (Lipinski definition) is 2. The van der Waals surface area contributed by atoms with Gasteiger partial charge in [-0.25, -0.2) is 9.18 Å². The zero-order valence-corrected chi connectivity index (χ0v) is 19.3. The van der Waals surface area contributed by atoms with Gasteiger partial charge in [0.05, 0.1) is 0 Å². The summed E-state index contributed by atoms with van der Waals surface area (Å²) < 4.78 is 13.3. The number of carbonyl (C=O) groups excluding carboxylic acids is 1. The van der Waals surface area contributed by atoms with E-state index in [1.54, 1.807) is 12.1 Å². The summed E-state index contributed by atoms with van der Waals surface area (Å²) in [5, 5.41) is 2.95. The molecule has 0 aliphatic carbocycles. The Morgan fingerprint density at radius 2 is 1.70 bits per heavy atom. The number of nitrogens with one attached hydrogen (secondary N) is 1. The number of carbonyl (C=O) groups is 1. The van der Waals surface area contributed by atoms with E-state index in [0.717, 1.165) is 38.2 Å². The van der Waals surface area contributed by atoms with E-state index in [1.165, 1.54) is 34.4 Å². The van der Waals surface area contributed by atoms with E-state index in [0.29, 0.717) is 12.2 Å². The fourth-order valence-corrected chi connectivity index (χ4v) is 5.32. The normalized spacial score (nSPS) is 17.2. The molecule has 33 heavy (non-hydrogen) atoms. The third-order valence-electron chi connectivity index (χ3n) is 7.12. The van der Waals surface area contributed by atoms with Crippen LogP contribution in [0.2, 0.25) is 0 Å². The summed E-state index contributed by atoms with van der Waals surface area (Å²) in [7, 11) is 0. The third-order valence-corrected chi connectivity index (χ3v) is 7.12. The lowest BCUT2D eigenvalue weighted by molar-refractivity contribution is 0.160. The highest BCUT2D eigenvalue weighted by molar-refractivity contribution is 6.03. The predicted molar refractivity (Wildman–Crippen MR) is 131 cm³/mol. The molecule has 3 aromatic carbocycles. The molecule has 0 saturated carbocycles. The first kappa shape index (κ1) is 21.7. The highest BCUT2D eigenvalue weighted by Gasteiger charge is 2.46. The Morgan fingerprint density at radius 3 is 2.42 bits per heavy atom. The minimum absolute atomic E-state index is 0.0232. The highest BCUT2D eigenvalue weighted by Crippen LogP contribution is 2.47. The van der Waals surface area contributed by atoms with E-state index >= 15 is 0 Å². The predicted octanol–water partition coefficient (Wildman–Crippen LogP) is 6.03. The minimum Gasteiger partial charge on any atom is -0.308 e. The molecule has 4 nitrogen and oxygen atoms in total. The molecule has 2 aliphatic rings. The fraction of sp³-hybridized carbons (Fsp3) is 0.321. The molecule has 5 heteroatoms. The number of nitrogens with zero attached hydrogens (tertiary/aromatic N) is 2. The lowest BCUT2D eigenvalue weighted by atomic mass is 9.74. The molecule has 170 valence electrons. The van der Waals surface area contributed by atoms with Gasteiger partial charge in [-0.15, -0.1) is 0 Å². The Kier molecular flexibility index (Phi) is 5.67. The van der Waals surface area contributed by atoms with Crippen molar-refractivity contribution in [1.82, 2.24) is 4.90 Å². The summed E-state index contributed by atoms with van der Waals surface area (Å²) in [4.78, 5) is 17.6. The van der Waals surface area contributed by atoms with Gasteiger partial charge in [-0.05, 0) is 81.2 Å². The molecule has 0 atom stereocenters. The van der Waals surface area contributed by atoms with Gasteiger partial charge in [-0.2, -0.15) is 0 Å². The molecule has 1 spiro atoms. The van der Waals surface area contributed by atoms with Gasteiger partial charge in [0, 0.05) is 29.9 Å². The molecule has 2 aliphatic heterocycles. The molecule has 2 amide bonds. The van der Waals surface area contributed by atoms with E-state index in [2.05, 4.69) is 66.5 Å².